The maximum absolute atomic E-state index is 12.6. The van der Waals surface area contributed by atoms with Crippen molar-refractivity contribution in [2.75, 3.05) is 0 Å². The third-order valence-electron chi connectivity index (χ3n) is 2.43. The Bertz CT molecular complexity index is 617. The van der Waals surface area contributed by atoms with Crippen molar-refractivity contribution in [2.45, 2.75) is 12.8 Å². The van der Waals surface area contributed by atoms with Crippen LogP contribution in [0.25, 0.3) is 0 Å². The molecule has 0 aliphatic heterocycles. The van der Waals surface area contributed by atoms with E-state index < -0.39 is 18.3 Å². The molecule has 1 heterocycles. The molecule has 1 aromatic carbocycles. The zero-order chi connectivity index (χ0) is 14.8. The van der Waals surface area contributed by atoms with Crippen molar-refractivity contribution in [3.05, 3.63) is 52.7 Å². The van der Waals surface area contributed by atoms with Gasteiger partial charge in [0.05, 0.1) is 22.9 Å². The molecular formula is C13H9ClF3NO2. The highest BCUT2D eigenvalue weighted by molar-refractivity contribution is 6.31. The zero-order valence-corrected chi connectivity index (χ0v) is 10.7. The standard InChI is InChI=1S/C13H9ClF3NO2/c14-10-4-5-12(18-11(10)7-19)20-9-3-1-2-8(6-9)13(15,16)17/h1-6,19H,7H2. The third kappa shape index (κ3) is 3.40. The normalized spacial score (nSPS) is 11.4. The second-order valence-electron chi connectivity index (χ2n) is 3.86. The number of hydrogen-bond acceptors (Lipinski definition) is 3. The lowest BCUT2D eigenvalue weighted by atomic mass is 10.2. The Morgan fingerprint density at radius 1 is 1.20 bits per heavy atom. The molecule has 0 fully saturated rings. The first-order valence-electron chi connectivity index (χ1n) is 5.51. The van der Waals surface area contributed by atoms with Gasteiger partial charge in [-0.2, -0.15) is 13.2 Å². The van der Waals surface area contributed by atoms with Crippen LogP contribution in [0.2, 0.25) is 5.02 Å². The molecule has 0 radical (unpaired) electrons. The fourth-order valence-electron chi connectivity index (χ4n) is 1.49. The largest absolute Gasteiger partial charge is 0.439 e. The van der Waals surface area contributed by atoms with Crippen molar-refractivity contribution in [2.24, 2.45) is 0 Å². The molecule has 2 aromatic rings. The first kappa shape index (κ1) is 14.6. The van der Waals surface area contributed by atoms with Crippen molar-refractivity contribution in [1.29, 1.82) is 0 Å². The molecule has 0 atom stereocenters. The van der Waals surface area contributed by atoms with Crippen LogP contribution in [0.1, 0.15) is 11.3 Å². The van der Waals surface area contributed by atoms with Crippen LogP contribution in [-0.2, 0) is 12.8 Å². The highest BCUT2D eigenvalue weighted by Gasteiger charge is 2.30. The minimum Gasteiger partial charge on any atom is -0.439 e. The Hall–Kier alpha value is -1.79. The van der Waals surface area contributed by atoms with Crippen molar-refractivity contribution in [1.82, 2.24) is 4.98 Å². The van der Waals surface area contributed by atoms with Gasteiger partial charge in [0, 0.05) is 6.07 Å². The summed E-state index contributed by atoms with van der Waals surface area (Å²) in [6, 6.07) is 7.28. The number of benzene rings is 1. The lowest BCUT2D eigenvalue weighted by molar-refractivity contribution is -0.137. The van der Waals surface area contributed by atoms with Crippen molar-refractivity contribution in [3.63, 3.8) is 0 Å². The fourth-order valence-corrected chi connectivity index (χ4v) is 1.65. The van der Waals surface area contributed by atoms with Crippen molar-refractivity contribution >= 4 is 11.6 Å². The maximum Gasteiger partial charge on any atom is 0.416 e. The van der Waals surface area contributed by atoms with E-state index in [2.05, 4.69) is 4.98 Å². The number of hydrogen-bond donors (Lipinski definition) is 1. The van der Waals surface area contributed by atoms with Gasteiger partial charge in [0.15, 0.2) is 0 Å². The summed E-state index contributed by atoms with van der Waals surface area (Å²) in [6.45, 7) is -0.390. The smallest absolute Gasteiger partial charge is 0.416 e. The Kier molecular flexibility index (Phi) is 4.15. The number of aromatic nitrogens is 1. The van der Waals surface area contributed by atoms with Gasteiger partial charge < -0.3 is 9.84 Å². The van der Waals surface area contributed by atoms with E-state index in [0.29, 0.717) is 0 Å². The second kappa shape index (κ2) is 5.68. The minimum atomic E-state index is -4.44. The molecule has 0 spiro atoms. The van der Waals surface area contributed by atoms with E-state index >= 15 is 0 Å². The SMILES string of the molecule is OCc1nc(Oc2cccc(C(F)(F)F)c2)ccc1Cl. The number of pyridine rings is 1. The maximum atomic E-state index is 12.6. The molecule has 20 heavy (non-hydrogen) atoms. The average molecular weight is 304 g/mol. The monoisotopic (exact) mass is 303 g/mol. The van der Waals surface area contributed by atoms with Gasteiger partial charge in [-0.15, -0.1) is 0 Å². The predicted molar refractivity (Wildman–Crippen MR) is 66.7 cm³/mol. The van der Waals surface area contributed by atoms with Crippen LogP contribution >= 0.6 is 11.6 Å². The predicted octanol–water partition coefficient (Wildman–Crippen LogP) is 4.04. The van der Waals surface area contributed by atoms with Crippen LogP contribution in [0.15, 0.2) is 36.4 Å². The summed E-state index contributed by atoms with van der Waals surface area (Å²) >= 11 is 5.76. The molecule has 0 aliphatic carbocycles. The van der Waals surface area contributed by atoms with Crippen LogP contribution in [0, 0.1) is 0 Å². The first-order chi connectivity index (χ1) is 9.40. The van der Waals surface area contributed by atoms with Gasteiger partial charge >= 0.3 is 6.18 Å². The lowest BCUT2D eigenvalue weighted by Crippen LogP contribution is -2.04. The van der Waals surface area contributed by atoms with Crippen LogP contribution in [-0.4, -0.2) is 10.1 Å². The number of aliphatic hydroxyl groups excluding tert-OH is 1. The lowest BCUT2D eigenvalue weighted by Gasteiger charge is -2.10. The summed E-state index contributed by atoms with van der Waals surface area (Å²) in [5, 5.41) is 9.26. The molecule has 3 nitrogen and oxygen atoms in total. The summed E-state index contributed by atoms with van der Waals surface area (Å²) in [7, 11) is 0. The Morgan fingerprint density at radius 3 is 2.60 bits per heavy atom. The Morgan fingerprint density at radius 2 is 1.95 bits per heavy atom. The summed E-state index contributed by atoms with van der Waals surface area (Å²) in [5.74, 6) is 0.0521. The number of rotatable bonds is 3. The molecule has 2 rings (SSSR count). The van der Waals surface area contributed by atoms with E-state index in [9.17, 15) is 13.2 Å². The van der Waals surface area contributed by atoms with Gasteiger partial charge in [0.25, 0.3) is 0 Å². The zero-order valence-electron chi connectivity index (χ0n) is 9.99. The van der Waals surface area contributed by atoms with E-state index in [1.54, 1.807) is 0 Å². The topological polar surface area (TPSA) is 42.4 Å². The highest BCUT2D eigenvalue weighted by Crippen LogP contribution is 2.32. The molecule has 1 aromatic heterocycles. The molecule has 0 saturated heterocycles. The van der Waals surface area contributed by atoms with Gasteiger partial charge in [-0.05, 0) is 24.3 Å². The summed E-state index contributed by atoms with van der Waals surface area (Å²) in [6.07, 6.45) is -4.44. The third-order valence-corrected chi connectivity index (χ3v) is 2.77. The van der Waals surface area contributed by atoms with Gasteiger partial charge in [0.2, 0.25) is 5.88 Å². The minimum absolute atomic E-state index is 0.00135. The van der Waals surface area contributed by atoms with Crippen LogP contribution in [0.5, 0.6) is 11.6 Å². The van der Waals surface area contributed by atoms with Crippen LogP contribution < -0.4 is 4.74 Å². The van der Waals surface area contributed by atoms with E-state index in [0.717, 1.165) is 12.1 Å². The molecule has 1 N–H and O–H groups in total. The van der Waals surface area contributed by atoms with Gasteiger partial charge in [-0.1, -0.05) is 17.7 Å². The van der Waals surface area contributed by atoms with E-state index in [-0.39, 0.29) is 22.3 Å². The quantitative estimate of drug-likeness (QED) is 0.930. The molecule has 7 heteroatoms. The molecular weight excluding hydrogens is 295 g/mol. The average Bonchev–Trinajstić information content (AvgIpc) is 2.40. The second-order valence-corrected chi connectivity index (χ2v) is 4.27. The van der Waals surface area contributed by atoms with Gasteiger partial charge in [-0.25, -0.2) is 4.98 Å². The number of aliphatic hydroxyl groups is 1. The molecule has 106 valence electrons. The molecule has 0 amide bonds. The molecule has 0 saturated carbocycles. The number of nitrogens with zero attached hydrogens (tertiary/aromatic N) is 1. The van der Waals surface area contributed by atoms with E-state index in [4.69, 9.17) is 21.4 Å². The van der Waals surface area contributed by atoms with E-state index in [1.807, 2.05) is 0 Å². The first-order valence-corrected chi connectivity index (χ1v) is 5.89. The summed E-state index contributed by atoms with van der Waals surface area (Å²) in [4.78, 5) is 3.89. The summed E-state index contributed by atoms with van der Waals surface area (Å²) < 4.78 is 42.9. The van der Waals surface area contributed by atoms with Gasteiger partial charge in [-0.3, -0.25) is 0 Å². The van der Waals surface area contributed by atoms with Gasteiger partial charge in [0.1, 0.15) is 5.75 Å². The van der Waals surface area contributed by atoms with Crippen molar-refractivity contribution in [3.8, 4) is 11.6 Å². The van der Waals surface area contributed by atoms with Crippen LogP contribution in [0.3, 0.4) is 0 Å². The number of alkyl halides is 3. The van der Waals surface area contributed by atoms with E-state index in [1.165, 1.54) is 24.3 Å². The molecule has 0 bridgehead atoms. The van der Waals surface area contributed by atoms with Crippen molar-refractivity contribution < 1.29 is 23.0 Å². The van der Waals surface area contributed by atoms with Crippen LogP contribution in [0.4, 0.5) is 13.2 Å². The number of ether oxygens (including phenoxy) is 1. The summed E-state index contributed by atoms with van der Waals surface area (Å²) in [5.41, 5.74) is -0.623. The molecule has 0 unspecified atom stereocenters. The highest BCUT2D eigenvalue weighted by atomic mass is 35.5. The Balaban J connectivity index is 2.26. The fraction of sp³-hybridized carbons (Fsp3) is 0.154. The number of halogens is 4. The Labute approximate surface area is 117 Å². The molecule has 0 aliphatic rings.